The van der Waals surface area contributed by atoms with E-state index < -0.39 is 0 Å². The molecule has 0 bridgehead atoms. The molecule has 1 heterocycles. The first-order valence-electron chi connectivity index (χ1n) is 8.34. The van der Waals surface area contributed by atoms with E-state index >= 15 is 0 Å². The van der Waals surface area contributed by atoms with Crippen LogP contribution in [-0.2, 0) is 0 Å². The number of urea groups is 1. The molecule has 0 fully saturated rings. The van der Waals surface area contributed by atoms with Crippen LogP contribution in [0, 0.1) is 3.57 Å². The molecular weight excluding hydrogens is 453 g/mol. The molecule has 6 heteroatoms. The maximum Gasteiger partial charge on any atom is 0.323 e. The van der Waals surface area contributed by atoms with E-state index in [1.165, 1.54) is 12.1 Å². The predicted molar refractivity (Wildman–Crippen MR) is 117 cm³/mol. The minimum atomic E-state index is -0.348. The zero-order chi connectivity index (χ0) is 18.8. The Bertz CT molecular complexity index is 1120. The number of hydrogen-bond acceptors (Lipinski definition) is 2. The van der Waals surface area contributed by atoms with E-state index in [0.717, 1.165) is 25.7 Å². The highest BCUT2D eigenvalue weighted by molar-refractivity contribution is 14.1. The third kappa shape index (κ3) is 3.61. The van der Waals surface area contributed by atoms with Crippen molar-refractivity contribution in [3.8, 4) is 17.0 Å². The predicted octanol–water partition coefficient (Wildman–Crippen LogP) is 5.79. The van der Waals surface area contributed by atoms with Crippen LogP contribution >= 0.6 is 22.6 Å². The third-order valence-electron chi connectivity index (χ3n) is 4.21. The van der Waals surface area contributed by atoms with Crippen LogP contribution < -0.4 is 10.6 Å². The van der Waals surface area contributed by atoms with Gasteiger partial charge in [-0.1, -0.05) is 36.4 Å². The summed E-state index contributed by atoms with van der Waals surface area (Å²) in [6.07, 6.45) is 0. The topological polar surface area (TPSA) is 77.2 Å². The summed E-state index contributed by atoms with van der Waals surface area (Å²) in [7, 11) is 0. The number of phenolic OH excluding ortho intramolecular Hbond substituents is 1. The van der Waals surface area contributed by atoms with E-state index in [2.05, 4.69) is 44.3 Å². The average Bonchev–Trinajstić information content (AvgIpc) is 3.01. The van der Waals surface area contributed by atoms with Gasteiger partial charge in [-0.25, -0.2) is 4.79 Å². The standard InChI is InChI=1S/C21H16IN3O2/c22-19-15-5-1-3-7-17(15)24-20(19)16-6-2-4-8-18(16)25-21(27)23-13-9-11-14(26)12-10-13/h1-12,24,26H,(H2,23,25,27). The van der Waals surface area contributed by atoms with Crippen LogP contribution in [0.25, 0.3) is 22.2 Å². The summed E-state index contributed by atoms with van der Waals surface area (Å²) in [6, 6.07) is 21.8. The summed E-state index contributed by atoms with van der Waals surface area (Å²) in [5, 5.41) is 16.2. The number of anilines is 2. The highest BCUT2D eigenvalue weighted by atomic mass is 127. The Morgan fingerprint density at radius 1 is 0.889 bits per heavy atom. The third-order valence-corrected chi connectivity index (χ3v) is 5.33. The second kappa shape index (κ2) is 7.32. The number of aromatic amines is 1. The van der Waals surface area contributed by atoms with Crippen LogP contribution in [0.3, 0.4) is 0 Å². The fraction of sp³-hybridized carbons (Fsp3) is 0. The lowest BCUT2D eigenvalue weighted by atomic mass is 10.1. The largest absolute Gasteiger partial charge is 0.508 e. The van der Waals surface area contributed by atoms with Crippen LogP contribution in [0.5, 0.6) is 5.75 Å². The number of halogens is 1. The number of amides is 2. The number of carbonyl (C=O) groups is 1. The summed E-state index contributed by atoms with van der Waals surface area (Å²) >= 11 is 2.33. The van der Waals surface area contributed by atoms with Gasteiger partial charge in [0.1, 0.15) is 5.75 Å². The molecule has 0 aliphatic carbocycles. The number of phenols is 1. The van der Waals surface area contributed by atoms with Gasteiger partial charge in [-0.15, -0.1) is 0 Å². The van der Waals surface area contributed by atoms with Crippen molar-refractivity contribution in [2.45, 2.75) is 0 Å². The number of fused-ring (bicyclic) bond motifs is 1. The van der Waals surface area contributed by atoms with E-state index in [1.54, 1.807) is 12.1 Å². The van der Waals surface area contributed by atoms with Gasteiger partial charge in [0.25, 0.3) is 0 Å². The molecule has 0 saturated heterocycles. The van der Waals surface area contributed by atoms with Crippen molar-refractivity contribution in [3.63, 3.8) is 0 Å². The molecule has 0 spiro atoms. The molecule has 134 valence electrons. The van der Waals surface area contributed by atoms with Crippen molar-refractivity contribution in [1.29, 1.82) is 0 Å². The molecule has 4 N–H and O–H groups in total. The van der Waals surface area contributed by atoms with Gasteiger partial charge in [0.15, 0.2) is 0 Å². The Balaban J connectivity index is 1.63. The Hall–Kier alpha value is -3.00. The summed E-state index contributed by atoms with van der Waals surface area (Å²) < 4.78 is 1.11. The fourth-order valence-corrected chi connectivity index (χ4v) is 3.83. The minimum Gasteiger partial charge on any atom is -0.508 e. The van der Waals surface area contributed by atoms with Crippen molar-refractivity contribution in [2.75, 3.05) is 10.6 Å². The van der Waals surface area contributed by atoms with E-state index in [-0.39, 0.29) is 11.8 Å². The van der Waals surface area contributed by atoms with Gasteiger partial charge in [-0.2, -0.15) is 0 Å². The molecule has 1 aromatic heterocycles. The Kier molecular flexibility index (Phi) is 4.72. The maximum atomic E-state index is 12.4. The first-order chi connectivity index (χ1) is 13.1. The summed E-state index contributed by atoms with van der Waals surface area (Å²) in [5.41, 5.74) is 4.25. The molecule has 2 amide bonds. The van der Waals surface area contributed by atoms with Crippen molar-refractivity contribution < 1.29 is 9.90 Å². The molecule has 4 aromatic rings. The molecular formula is C21H16IN3O2. The quantitative estimate of drug-likeness (QED) is 0.227. The molecule has 0 aliphatic heterocycles. The maximum absolute atomic E-state index is 12.4. The Labute approximate surface area is 169 Å². The van der Waals surface area contributed by atoms with Crippen molar-refractivity contribution >= 4 is 50.9 Å². The first kappa shape index (κ1) is 17.4. The zero-order valence-electron chi connectivity index (χ0n) is 14.2. The van der Waals surface area contributed by atoms with Crippen molar-refractivity contribution in [3.05, 3.63) is 76.4 Å². The van der Waals surface area contributed by atoms with E-state index in [0.29, 0.717) is 11.4 Å². The van der Waals surface area contributed by atoms with Gasteiger partial charge < -0.3 is 20.7 Å². The second-order valence-electron chi connectivity index (χ2n) is 6.03. The lowest BCUT2D eigenvalue weighted by Gasteiger charge is -2.12. The normalized spacial score (nSPS) is 10.7. The van der Waals surface area contributed by atoms with Crippen LogP contribution in [0.1, 0.15) is 0 Å². The van der Waals surface area contributed by atoms with Crippen LogP contribution in [-0.4, -0.2) is 16.1 Å². The van der Waals surface area contributed by atoms with Crippen molar-refractivity contribution in [1.82, 2.24) is 4.98 Å². The van der Waals surface area contributed by atoms with Crippen molar-refractivity contribution in [2.24, 2.45) is 0 Å². The molecule has 4 rings (SSSR count). The lowest BCUT2D eigenvalue weighted by Crippen LogP contribution is -2.19. The smallest absolute Gasteiger partial charge is 0.323 e. The highest BCUT2D eigenvalue weighted by Gasteiger charge is 2.15. The number of carbonyl (C=O) groups excluding carboxylic acids is 1. The summed E-state index contributed by atoms with van der Waals surface area (Å²) in [5.74, 6) is 0.152. The Morgan fingerprint density at radius 2 is 1.59 bits per heavy atom. The number of rotatable bonds is 3. The zero-order valence-corrected chi connectivity index (χ0v) is 16.3. The number of benzene rings is 3. The number of aromatic hydroxyl groups is 1. The summed E-state index contributed by atoms with van der Waals surface area (Å²) in [6.45, 7) is 0. The van der Waals surface area contributed by atoms with Crippen LogP contribution in [0.2, 0.25) is 0 Å². The number of para-hydroxylation sites is 2. The molecule has 0 saturated carbocycles. The number of H-pyrrole nitrogens is 1. The second-order valence-corrected chi connectivity index (χ2v) is 7.11. The van der Waals surface area contributed by atoms with Gasteiger partial charge in [-0.3, -0.25) is 0 Å². The molecule has 0 unspecified atom stereocenters. The van der Waals surface area contributed by atoms with Gasteiger partial charge in [0.2, 0.25) is 0 Å². The highest BCUT2D eigenvalue weighted by Crippen LogP contribution is 2.35. The SMILES string of the molecule is O=C(Nc1ccc(O)cc1)Nc1ccccc1-c1[nH]c2ccccc2c1I. The fourth-order valence-electron chi connectivity index (χ4n) is 2.93. The molecule has 5 nitrogen and oxygen atoms in total. The molecule has 0 radical (unpaired) electrons. The first-order valence-corrected chi connectivity index (χ1v) is 9.42. The van der Waals surface area contributed by atoms with Gasteiger partial charge in [0.05, 0.1) is 11.4 Å². The monoisotopic (exact) mass is 469 g/mol. The molecule has 0 aliphatic rings. The lowest BCUT2D eigenvalue weighted by molar-refractivity contribution is 0.262. The number of aromatic nitrogens is 1. The van der Waals surface area contributed by atoms with Gasteiger partial charge in [0, 0.05) is 25.7 Å². The minimum absolute atomic E-state index is 0.152. The number of nitrogens with one attached hydrogen (secondary N) is 3. The summed E-state index contributed by atoms with van der Waals surface area (Å²) in [4.78, 5) is 15.9. The van der Waals surface area contributed by atoms with E-state index in [1.807, 2.05) is 42.5 Å². The van der Waals surface area contributed by atoms with Gasteiger partial charge in [-0.05, 0) is 59.0 Å². The van der Waals surface area contributed by atoms with Gasteiger partial charge >= 0.3 is 6.03 Å². The molecule has 0 atom stereocenters. The van der Waals surface area contributed by atoms with E-state index in [4.69, 9.17) is 0 Å². The molecule has 3 aromatic carbocycles. The molecule has 27 heavy (non-hydrogen) atoms. The van der Waals surface area contributed by atoms with Crippen LogP contribution in [0.15, 0.2) is 72.8 Å². The number of hydrogen-bond donors (Lipinski definition) is 4. The van der Waals surface area contributed by atoms with E-state index in [9.17, 15) is 9.90 Å². The Morgan fingerprint density at radius 3 is 2.37 bits per heavy atom. The van der Waals surface area contributed by atoms with Crippen LogP contribution in [0.4, 0.5) is 16.2 Å². The average molecular weight is 469 g/mol.